The Morgan fingerprint density at radius 1 is 0.797 bits per heavy atom. The standard InChI is InChI=1S/C50H60N3O8PS2/c1-35(2)53(36(3)4)62(60-29-27-51-5)61-43-32-37(46(33-43)47(54)18-13-30-63-64-31-28-52-48(55)44-16-11-12-17-45(44)49(52)56)34-59-50(38-14-9-8-10-15-38,39-19-23-41(57-6)24-20-39)40-21-25-42(58-7)26-22-40/h8-12,14-17,19-26,35-37,43,46H,13,18,27-34H2,1-4,6-7H3/t37-,43+,46?,62?/m0/s1. The zero-order valence-corrected chi connectivity index (χ0v) is 40.2. The third kappa shape index (κ3) is 11.8. The predicted octanol–water partition coefficient (Wildman–Crippen LogP) is 10.7. The van der Waals surface area contributed by atoms with E-state index in [0.717, 1.165) is 33.9 Å². The highest BCUT2D eigenvalue weighted by Gasteiger charge is 2.45. The third-order valence-corrected chi connectivity index (χ3v) is 16.3. The lowest BCUT2D eigenvalue weighted by Crippen LogP contribution is -2.36. The summed E-state index contributed by atoms with van der Waals surface area (Å²) in [5.74, 6) is 2.02. The maximum Gasteiger partial charge on any atom is 0.261 e. The fourth-order valence-corrected chi connectivity index (χ4v) is 12.4. The summed E-state index contributed by atoms with van der Waals surface area (Å²) < 4.78 is 34.0. The SMILES string of the molecule is [C-]#[N+]CCOP(O[C@H]1CC(C(=O)CCCSSCCN2C(=O)c3ccccc3C2=O)[C@H](COC(c2ccccc2)(c2ccc(OC)cc2)c2ccc(OC)cc2)C1)N(C(C)C)C(C)C. The first-order chi connectivity index (χ1) is 31.0. The predicted molar refractivity (Wildman–Crippen MR) is 257 cm³/mol. The maximum absolute atomic E-state index is 14.5. The minimum absolute atomic E-state index is 0.139. The molecule has 0 spiro atoms. The lowest BCUT2D eigenvalue weighted by atomic mass is 9.79. The van der Waals surface area contributed by atoms with Crippen LogP contribution in [0.3, 0.4) is 0 Å². The zero-order chi connectivity index (χ0) is 45.6. The van der Waals surface area contributed by atoms with Crippen molar-refractivity contribution in [2.75, 3.05) is 52.0 Å². The topological polar surface area (TPSA) is 108 Å². The number of methoxy groups -OCH3 is 2. The molecular formula is C50H60N3O8PS2. The molecule has 1 heterocycles. The average molecular weight is 926 g/mol. The molecule has 2 aliphatic rings. The van der Waals surface area contributed by atoms with Crippen molar-refractivity contribution in [2.45, 2.75) is 77.2 Å². The van der Waals surface area contributed by atoms with Gasteiger partial charge in [-0.2, -0.15) is 0 Å². The van der Waals surface area contributed by atoms with Crippen LogP contribution in [-0.2, 0) is 24.2 Å². The molecule has 64 heavy (non-hydrogen) atoms. The van der Waals surface area contributed by atoms with Crippen molar-refractivity contribution >= 4 is 47.7 Å². The van der Waals surface area contributed by atoms with Crippen molar-refractivity contribution in [1.29, 1.82) is 0 Å². The van der Waals surface area contributed by atoms with Gasteiger partial charge < -0.3 is 28.1 Å². The molecule has 1 aliphatic heterocycles. The van der Waals surface area contributed by atoms with Crippen LogP contribution < -0.4 is 9.47 Å². The van der Waals surface area contributed by atoms with Gasteiger partial charge in [-0.15, -0.1) is 0 Å². The van der Waals surface area contributed by atoms with Gasteiger partial charge in [-0.1, -0.05) is 88.3 Å². The van der Waals surface area contributed by atoms with Gasteiger partial charge in [-0.05, 0) is 106 Å². The molecule has 0 bridgehead atoms. The van der Waals surface area contributed by atoms with Crippen molar-refractivity contribution in [3.8, 4) is 11.5 Å². The number of nitrogens with zero attached hydrogens (tertiary/aromatic N) is 3. The van der Waals surface area contributed by atoms with Crippen LogP contribution in [0.4, 0.5) is 0 Å². The number of amides is 2. The molecule has 4 aromatic carbocycles. The van der Waals surface area contributed by atoms with E-state index in [0.29, 0.717) is 49.1 Å². The quantitative estimate of drug-likeness (QED) is 0.0158. The molecule has 340 valence electrons. The molecule has 4 atom stereocenters. The van der Waals surface area contributed by atoms with E-state index < -0.39 is 14.1 Å². The van der Waals surface area contributed by atoms with Crippen LogP contribution in [-0.4, -0.2) is 97.4 Å². The van der Waals surface area contributed by atoms with E-state index in [9.17, 15) is 14.4 Å². The molecule has 0 aromatic heterocycles. The van der Waals surface area contributed by atoms with Gasteiger partial charge in [0.1, 0.15) is 29.5 Å². The Morgan fingerprint density at radius 2 is 1.34 bits per heavy atom. The maximum atomic E-state index is 14.5. The highest BCUT2D eigenvalue weighted by atomic mass is 33.1. The Morgan fingerprint density at radius 3 is 1.89 bits per heavy atom. The zero-order valence-electron chi connectivity index (χ0n) is 37.6. The van der Waals surface area contributed by atoms with E-state index in [2.05, 4.69) is 49.3 Å². The van der Waals surface area contributed by atoms with Crippen LogP contribution in [0.25, 0.3) is 4.85 Å². The van der Waals surface area contributed by atoms with Gasteiger partial charge in [-0.25, -0.2) is 11.2 Å². The van der Waals surface area contributed by atoms with Crippen LogP contribution in [0.5, 0.6) is 11.5 Å². The van der Waals surface area contributed by atoms with E-state index in [1.165, 1.54) is 4.90 Å². The Balaban J connectivity index is 1.21. The second-order valence-electron chi connectivity index (χ2n) is 16.4. The molecule has 0 N–H and O–H groups in total. The van der Waals surface area contributed by atoms with Gasteiger partial charge in [0.15, 0.2) is 0 Å². The van der Waals surface area contributed by atoms with Crippen molar-refractivity contribution in [2.24, 2.45) is 11.8 Å². The van der Waals surface area contributed by atoms with Crippen LogP contribution in [0.1, 0.15) is 90.8 Å². The van der Waals surface area contributed by atoms with E-state index in [-0.39, 0.29) is 67.4 Å². The summed E-state index contributed by atoms with van der Waals surface area (Å²) in [5, 5.41) is 0. The molecule has 11 nitrogen and oxygen atoms in total. The number of imide groups is 1. The van der Waals surface area contributed by atoms with Crippen molar-refractivity contribution in [3.63, 3.8) is 0 Å². The number of benzene rings is 4. The first-order valence-corrected chi connectivity index (χ1v) is 25.6. The third-order valence-electron chi connectivity index (χ3n) is 11.7. The van der Waals surface area contributed by atoms with Gasteiger partial charge in [0.2, 0.25) is 6.54 Å². The highest BCUT2D eigenvalue weighted by Crippen LogP contribution is 2.51. The van der Waals surface area contributed by atoms with Crippen LogP contribution in [0.15, 0.2) is 103 Å². The van der Waals surface area contributed by atoms with E-state index in [1.54, 1.807) is 60.1 Å². The highest BCUT2D eigenvalue weighted by molar-refractivity contribution is 8.76. The summed E-state index contributed by atoms with van der Waals surface area (Å²) in [5.41, 5.74) is 2.64. The number of carbonyl (C=O) groups is 3. The van der Waals surface area contributed by atoms with Crippen molar-refractivity contribution in [3.05, 3.63) is 142 Å². The number of ether oxygens (including phenoxy) is 3. The van der Waals surface area contributed by atoms with Crippen LogP contribution in [0, 0.1) is 18.4 Å². The van der Waals surface area contributed by atoms with Gasteiger partial charge in [-0.3, -0.25) is 19.3 Å². The number of rotatable bonds is 25. The van der Waals surface area contributed by atoms with Gasteiger partial charge in [0.05, 0.1) is 38.1 Å². The fraction of sp³-hybridized carbons (Fsp3) is 0.440. The number of ketones is 1. The number of fused-ring (bicyclic) bond motifs is 1. The smallest absolute Gasteiger partial charge is 0.261 e. The molecule has 1 fully saturated rings. The minimum atomic E-state index is -1.51. The Hall–Kier alpha value is -4.25. The summed E-state index contributed by atoms with van der Waals surface area (Å²) in [6.45, 7) is 17.0. The molecular weight excluding hydrogens is 866 g/mol. The summed E-state index contributed by atoms with van der Waals surface area (Å²) in [6, 6.07) is 33.3. The van der Waals surface area contributed by atoms with Gasteiger partial charge in [0, 0.05) is 42.5 Å². The van der Waals surface area contributed by atoms with Crippen LogP contribution >= 0.6 is 30.1 Å². The summed E-state index contributed by atoms with van der Waals surface area (Å²) >= 11 is 0. The Labute approximate surface area is 388 Å². The Kier molecular flexibility index (Phi) is 18.3. The van der Waals surface area contributed by atoms with Gasteiger partial charge >= 0.3 is 0 Å². The van der Waals surface area contributed by atoms with Crippen molar-refractivity contribution < 1.29 is 37.6 Å². The average Bonchev–Trinajstić information content (AvgIpc) is 3.82. The monoisotopic (exact) mass is 925 g/mol. The molecule has 2 amide bonds. The lowest BCUT2D eigenvalue weighted by Gasteiger charge is -2.37. The van der Waals surface area contributed by atoms with Crippen molar-refractivity contribution in [1.82, 2.24) is 9.57 Å². The molecule has 4 aromatic rings. The second kappa shape index (κ2) is 23.8. The summed E-state index contributed by atoms with van der Waals surface area (Å²) in [6.07, 6.45) is 1.96. The first-order valence-electron chi connectivity index (χ1n) is 21.9. The number of hydrogen-bond acceptors (Lipinski definition) is 11. The Bertz CT molecular complexity index is 2100. The number of hydrogen-bond donors (Lipinski definition) is 0. The van der Waals surface area contributed by atoms with Gasteiger partial charge in [0.25, 0.3) is 20.3 Å². The first kappa shape index (κ1) is 49.2. The largest absolute Gasteiger partial charge is 0.497 e. The molecule has 6 rings (SSSR count). The van der Waals surface area contributed by atoms with E-state index >= 15 is 0 Å². The normalized spacial score (nSPS) is 17.9. The summed E-state index contributed by atoms with van der Waals surface area (Å²) in [7, 11) is 5.05. The molecule has 1 aliphatic carbocycles. The fourth-order valence-electron chi connectivity index (χ4n) is 8.64. The number of carbonyl (C=O) groups excluding carboxylic acids is 3. The summed E-state index contributed by atoms with van der Waals surface area (Å²) in [4.78, 5) is 44.9. The second-order valence-corrected chi connectivity index (χ2v) is 20.5. The molecule has 14 heteroatoms. The molecule has 1 saturated carbocycles. The lowest BCUT2D eigenvalue weighted by molar-refractivity contribution is -0.125. The van der Waals surface area contributed by atoms with E-state index in [1.807, 2.05) is 66.7 Å². The van der Waals surface area contributed by atoms with E-state index in [4.69, 9.17) is 29.8 Å². The molecule has 2 unspecified atom stereocenters. The molecule has 0 saturated heterocycles. The van der Waals surface area contributed by atoms with Crippen LogP contribution in [0.2, 0.25) is 0 Å². The number of Topliss-reactive ketones (excluding diaryl/α,β-unsaturated/α-hetero) is 1. The minimum Gasteiger partial charge on any atom is -0.497 e. The molecule has 0 radical (unpaired) electrons.